The molecule has 2 rings (SSSR count). The molecule has 98 valence electrons. The molecule has 0 heterocycles. The number of nitrogens with one attached hydrogen (secondary N) is 1. The SMILES string of the molecule is Cc1cccc(C(=O)Nc2ccc(Br)cc2Br)c1I. The number of carbonyl (C=O) groups is 1. The summed E-state index contributed by atoms with van der Waals surface area (Å²) >= 11 is 9.02. The molecule has 0 fully saturated rings. The first-order valence-corrected chi connectivity index (χ1v) is 8.17. The molecule has 19 heavy (non-hydrogen) atoms. The van der Waals surface area contributed by atoms with E-state index in [1.807, 2.05) is 43.3 Å². The van der Waals surface area contributed by atoms with E-state index in [-0.39, 0.29) is 5.91 Å². The minimum absolute atomic E-state index is 0.101. The number of hydrogen-bond acceptors (Lipinski definition) is 1. The number of benzene rings is 2. The Bertz CT molecular complexity index is 643. The van der Waals surface area contributed by atoms with Crippen molar-refractivity contribution in [2.24, 2.45) is 0 Å². The van der Waals surface area contributed by atoms with Crippen molar-refractivity contribution in [3.8, 4) is 0 Å². The molecular weight excluding hydrogens is 485 g/mol. The zero-order chi connectivity index (χ0) is 14.0. The molecule has 0 unspecified atom stereocenters. The average Bonchev–Trinajstić information content (AvgIpc) is 2.36. The van der Waals surface area contributed by atoms with Crippen LogP contribution in [0.15, 0.2) is 45.3 Å². The summed E-state index contributed by atoms with van der Waals surface area (Å²) in [6, 6.07) is 11.4. The van der Waals surface area contributed by atoms with Crippen LogP contribution >= 0.6 is 54.5 Å². The Morgan fingerprint density at radius 1 is 1.21 bits per heavy atom. The van der Waals surface area contributed by atoms with Crippen molar-refractivity contribution in [1.82, 2.24) is 0 Å². The van der Waals surface area contributed by atoms with Gasteiger partial charge in [0.25, 0.3) is 5.91 Å². The first-order valence-electron chi connectivity index (χ1n) is 5.50. The fourth-order valence-corrected chi connectivity index (χ4v) is 3.35. The van der Waals surface area contributed by atoms with E-state index in [4.69, 9.17) is 0 Å². The van der Waals surface area contributed by atoms with Gasteiger partial charge in [-0.1, -0.05) is 28.1 Å². The third kappa shape index (κ3) is 3.58. The summed E-state index contributed by atoms with van der Waals surface area (Å²) in [5.41, 5.74) is 2.55. The lowest BCUT2D eigenvalue weighted by atomic mass is 10.1. The molecule has 0 aliphatic heterocycles. The molecule has 1 amide bonds. The van der Waals surface area contributed by atoms with Gasteiger partial charge in [-0.15, -0.1) is 0 Å². The molecule has 5 heteroatoms. The zero-order valence-corrected chi connectivity index (χ0v) is 15.3. The average molecular weight is 495 g/mol. The molecule has 0 radical (unpaired) electrons. The van der Waals surface area contributed by atoms with Gasteiger partial charge in [-0.2, -0.15) is 0 Å². The number of hydrogen-bond donors (Lipinski definition) is 1. The number of carbonyl (C=O) groups excluding carboxylic acids is 1. The van der Waals surface area contributed by atoms with Crippen LogP contribution in [-0.2, 0) is 0 Å². The maximum Gasteiger partial charge on any atom is 0.256 e. The van der Waals surface area contributed by atoms with Crippen LogP contribution in [0.5, 0.6) is 0 Å². The van der Waals surface area contributed by atoms with Gasteiger partial charge in [0.2, 0.25) is 0 Å². The largest absolute Gasteiger partial charge is 0.321 e. The van der Waals surface area contributed by atoms with Gasteiger partial charge in [0.1, 0.15) is 0 Å². The van der Waals surface area contributed by atoms with E-state index in [1.165, 1.54) is 0 Å². The van der Waals surface area contributed by atoms with Crippen LogP contribution in [-0.4, -0.2) is 5.91 Å². The number of anilines is 1. The molecular formula is C14H10Br2INO. The van der Waals surface area contributed by atoms with E-state index in [0.717, 1.165) is 23.8 Å². The van der Waals surface area contributed by atoms with Crippen LogP contribution in [0.3, 0.4) is 0 Å². The minimum atomic E-state index is -0.101. The van der Waals surface area contributed by atoms with Crippen LogP contribution in [0.25, 0.3) is 0 Å². The summed E-state index contributed by atoms with van der Waals surface area (Å²) in [6.45, 7) is 1.99. The highest BCUT2D eigenvalue weighted by Crippen LogP contribution is 2.27. The predicted octanol–water partition coefficient (Wildman–Crippen LogP) is 5.38. The van der Waals surface area contributed by atoms with Crippen molar-refractivity contribution >= 4 is 66.0 Å². The molecule has 1 N–H and O–H groups in total. The fraction of sp³-hybridized carbons (Fsp3) is 0.0714. The van der Waals surface area contributed by atoms with Gasteiger partial charge in [0, 0.05) is 12.5 Å². The maximum atomic E-state index is 12.3. The van der Waals surface area contributed by atoms with Crippen molar-refractivity contribution in [3.63, 3.8) is 0 Å². The molecule has 2 aromatic rings. The van der Waals surface area contributed by atoms with Gasteiger partial charge in [-0.3, -0.25) is 4.79 Å². The molecule has 2 nitrogen and oxygen atoms in total. The Balaban J connectivity index is 2.28. The summed E-state index contributed by atoms with van der Waals surface area (Å²) in [5, 5.41) is 2.91. The highest BCUT2D eigenvalue weighted by Gasteiger charge is 2.12. The van der Waals surface area contributed by atoms with E-state index >= 15 is 0 Å². The van der Waals surface area contributed by atoms with Crippen molar-refractivity contribution in [1.29, 1.82) is 0 Å². The van der Waals surface area contributed by atoms with E-state index in [2.05, 4.69) is 59.8 Å². The summed E-state index contributed by atoms with van der Waals surface area (Å²) in [7, 11) is 0. The van der Waals surface area contributed by atoms with Crippen LogP contribution < -0.4 is 5.32 Å². The lowest BCUT2D eigenvalue weighted by Gasteiger charge is -2.10. The van der Waals surface area contributed by atoms with Crippen LogP contribution in [0.2, 0.25) is 0 Å². The molecule has 0 aromatic heterocycles. The zero-order valence-electron chi connectivity index (χ0n) is 10.0. The third-order valence-electron chi connectivity index (χ3n) is 2.62. The van der Waals surface area contributed by atoms with Gasteiger partial charge in [0.05, 0.1) is 11.3 Å². The normalized spacial score (nSPS) is 10.3. The van der Waals surface area contributed by atoms with Gasteiger partial charge >= 0.3 is 0 Å². The van der Waals surface area contributed by atoms with Crippen molar-refractivity contribution < 1.29 is 4.79 Å². The van der Waals surface area contributed by atoms with E-state index in [9.17, 15) is 4.79 Å². The molecule has 0 aliphatic rings. The van der Waals surface area contributed by atoms with Crippen LogP contribution in [0.1, 0.15) is 15.9 Å². The number of halogens is 3. The van der Waals surface area contributed by atoms with Gasteiger partial charge in [0.15, 0.2) is 0 Å². The van der Waals surface area contributed by atoms with Crippen molar-refractivity contribution in [2.45, 2.75) is 6.92 Å². The van der Waals surface area contributed by atoms with Crippen molar-refractivity contribution in [3.05, 3.63) is 60.0 Å². The smallest absolute Gasteiger partial charge is 0.256 e. The standard InChI is InChI=1S/C14H10Br2INO/c1-8-3-2-4-10(13(8)17)14(19)18-12-6-5-9(15)7-11(12)16/h2-7H,1H3,(H,18,19). The Kier molecular flexibility index (Phi) is 5.03. The summed E-state index contributed by atoms with van der Waals surface area (Å²) < 4.78 is 2.78. The van der Waals surface area contributed by atoms with E-state index < -0.39 is 0 Å². The summed E-state index contributed by atoms with van der Waals surface area (Å²) in [6.07, 6.45) is 0. The fourth-order valence-electron chi connectivity index (χ4n) is 1.60. The van der Waals surface area contributed by atoms with Crippen LogP contribution in [0, 0.1) is 10.5 Å². The Hall–Kier alpha value is -0.400. The van der Waals surface area contributed by atoms with Crippen molar-refractivity contribution in [2.75, 3.05) is 5.32 Å². The molecule has 0 spiro atoms. The highest BCUT2D eigenvalue weighted by molar-refractivity contribution is 14.1. The maximum absolute atomic E-state index is 12.3. The molecule has 0 atom stereocenters. The summed E-state index contributed by atoms with van der Waals surface area (Å²) in [5.74, 6) is -0.101. The second-order valence-electron chi connectivity index (χ2n) is 4.01. The Morgan fingerprint density at radius 3 is 2.63 bits per heavy atom. The van der Waals surface area contributed by atoms with Crippen LogP contribution in [0.4, 0.5) is 5.69 Å². The minimum Gasteiger partial charge on any atom is -0.321 e. The first-order chi connectivity index (χ1) is 8.99. The molecule has 0 saturated heterocycles. The monoisotopic (exact) mass is 493 g/mol. The second kappa shape index (κ2) is 6.37. The van der Waals surface area contributed by atoms with E-state index in [0.29, 0.717) is 5.56 Å². The highest BCUT2D eigenvalue weighted by atomic mass is 127. The number of rotatable bonds is 2. The van der Waals surface area contributed by atoms with Gasteiger partial charge in [-0.25, -0.2) is 0 Å². The topological polar surface area (TPSA) is 29.1 Å². The molecule has 0 saturated carbocycles. The lowest BCUT2D eigenvalue weighted by molar-refractivity contribution is 0.102. The predicted molar refractivity (Wildman–Crippen MR) is 93.7 cm³/mol. The summed E-state index contributed by atoms with van der Waals surface area (Å²) in [4.78, 5) is 12.3. The first kappa shape index (κ1) is 15.0. The molecule has 2 aromatic carbocycles. The molecule has 0 aliphatic carbocycles. The molecule has 0 bridgehead atoms. The Morgan fingerprint density at radius 2 is 1.95 bits per heavy atom. The van der Waals surface area contributed by atoms with Gasteiger partial charge < -0.3 is 5.32 Å². The van der Waals surface area contributed by atoms with Gasteiger partial charge in [-0.05, 0) is 75.3 Å². The lowest BCUT2D eigenvalue weighted by Crippen LogP contribution is -2.14. The second-order valence-corrected chi connectivity index (χ2v) is 6.86. The Labute approximate surface area is 142 Å². The quantitative estimate of drug-likeness (QED) is 0.558. The number of amides is 1. The van der Waals surface area contributed by atoms with E-state index in [1.54, 1.807) is 0 Å². The third-order valence-corrected chi connectivity index (χ3v) is 5.20. The number of aryl methyl sites for hydroxylation is 1.